The monoisotopic (exact) mass is 305 g/mol. The minimum absolute atomic E-state index is 0.837. The van der Waals surface area contributed by atoms with E-state index in [-0.39, 0.29) is 0 Å². The topological polar surface area (TPSA) is 40.6 Å². The number of benzene rings is 1. The molecule has 0 fully saturated rings. The molecule has 0 aliphatic carbocycles. The molecule has 1 aromatic heterocycles. The summed E-state index contributed by atoms with van der Waals surface area (Å²) in [7, 11) is 2.55. The summed E-state index contributed by atoms with van der Waals surface area (Å²) >= 11 is 0. The molecule has 0 aliphatic heterocycles. The van der Waals surface area contributed by atoms with Gasteiger partial charge in [-0.05, 0) is 30.7 Å². The van der Waals surface area contributed by atoms with Gasteiger partial charge in [-0.2, -0.15) is 0 Å². The Morgan fingerprint density at radius 1 is 0.952 bits per heavy atom. The first kappa shape index (κ1) is 16.1. The van der Waals surface area contributed by atoms with Gasteiger partial charge in [0.05, 0.1) is 0 Å². The van der Waals surface area contributed by atoms with Gasteiger partial charge < -0.3 is 13.3 Å². The lowest BCUT2D eigenvalue weighted by Gasteiger charge is -2.24. The van der Waals surface area contributed by atoms with Crippen LogP contribution in [0, 0.1) is 0 Å². The minimum atomic E-state index is -2.42. The molecular weight excluding hydrogens is 282 g/mol. The lowest BCUT2D eigenvalue weighted by molar-refractivity contribution is 0.123. The molecule has 0 bridgehead atoms. The van der Waals surface area contributed by atoms with Crippen LogP contribution in [-0.4, -0.2) is 35.1 Å². The molecule has 1 aromatic carbocycles. The Bertz CT molecular complexity index is 564. The van der Waals surface area contributed by atoms with Gasteiger partial charge >= 0.3 is 8.80 Å². The van der Waals surface area contributed by atoms with Gasteiger partial charge in [-0.15, -0.1) is 0 Å². The Morgan fingerprint density at radius 2 is 1.62 bits per heavy atom. The van der Waals surface area contributed by atoms with Crippen LogP contribution in [0.15, 0.2) is 36.5 Å². The fraction of sp³-hybridized carbons (Fsp3) is 0.438. The standard InChI is InChI=1S/C16H23NO3Si/c1-18-21(19-2,20-3)11-7-6-10-16-12-14-8-4-5-9-15(14)13-17-16/h4-5,8-9,12-13H,6-7,10-11H2,1-3H3. The summed E-state index contributed by atoms with van der Waals surface area (Å²) in [5, 5.41) is 2.43. The first-order valence-electron chi connectivity index (χ1n) is 7.22. The Balaban J connectivity index is 1.87. The predicted octanol–water partition coefficient (Wildman–Crippen LogP) is 3.44. The molecule has 0 spiro atoms. The van der Waals surface area contributed by atoms with Crippen LogP contribution in [0.3, 0.4) is 0 Å². The first-order chi connectivity index (χ1) is 10.2. The van der Waals surface area contributed by atoms with Crippen molar-refractivity contribution in [3.63, 3.8) is 0 Å². The number of hydrogen-bond acceptors (Lipinski definition) is 4. The summed E-state index contributed by atoms with van der Waals surface area (Å²) in [6, 6.07) is 11.3. The molecule has 0 unspecified atom stereocenters. The third-order valence-corrected chi connectivity index (χ3v) is 6.62. The van der Waals surface area contributed by atoms with Crippen LogP contribution in [0.5, 0.6) is 0 Å². The molecule has 21 heavy (non-hydrogen) atoms. The SMILES string of the molecule is CO[Si](CCCCc1cc2ccccc2cn1)(OC)OC. The van der Waals surface area contributed by atoms with Crippen molar-refractivity contribution in [3.8, 4) is 0 Å². The summed E-state index contributed by atoms with van der Waals surface area (Å²) < 4.78 is 16.3. The maximum atomic E-state index is 5.43. The molecule has 0 radical (unpaired) electrons. The molecule has 0 saturated heterocycles. The molecule has 114 valence electrons. The molecule has 0 amide bonds. The summed E-state index contributed by atoms with van der Waals surface area (Å²) in [4.78, 5) is 4.52. The zero-order chi connectivity index (χ0) is 15.1. The summed E-state index contributed by atoms with van der Waals surface area (Å²) in [6.45, 7) is 0. The smallest absolute Gasteiger partial charge is 0.377 e. The maximum absolute atomic E-state index is 5.43. The van der Waals surface area contributed by atoms with Crippen LogP contribution < -0.4 is 0 Å². The minimum Gasteiger partial charge on any atom is -0.377 e. The zero-order valence-corrected chi connectivity index (χ0v) is 14.0. The molecule has 2 aromatic rings. The average Bonchev–Trinajstić information content (AvgIpc) is 2.55. The summed E-state index contributed by atoms with van der Waals surface area (Å²) in [5.74, 6) is 0. The van der Waals surface area contributed by atoms with E-state index in [1.54, 1.807) is 21.3 Å². The highest BCUT2D eigenvalue weighted by Gasteiger charge is 2.36. The van der Waals surface area contributed by atoms with Gasteiger partial charge in [-0.1, -0.05) is 24.3 Å². The van der Waals surface area contributed by atoms with Crippen molar-refractivity contribution in [2.75, 3.05) is 21.3 Å². The highest BCUT2D eigenvalue weighted by Crippen LogP contribution is 2.18. The molecule has 0 atom stereocenters. The first-order valence-corrected chi connectivity index (χ1v) is 9.15. The van der Waals surface area contributed by atoms with Gasteiger partial charge in [0, 0.05) is 44.7 Å². The zero-order valence-electron chi connectivity index (χ0n) is 13.0. The number of aryl methyl sites for hydroxylation is 1. The molecule has 0 N–H and O–H groups in total. The fourth-order valence-corrected chi connectivity index (χ4v) is 4.27. The van der Waals surface area contributed by atoms with E-state index in [1.807, 2.05) is 12.3 Å². The number of aromatic nitrogens is 1. The molecular formula is C16H23NO3Si. The third-order valence-electron chi connectivity index (χ3n) is 3.79. The molecule has 1 heterocycles. The van der Waals surface area contributed by atoms with E-state index in [2.05, 4.69) is 29.2 Å². The normalized spacial score (nSPS) is 12.0. The van der Waals surface area contributed by atoms with Crippen molar-refractivity contribution in [2.24, 2.45) is 0 Å². The van der Waals surface area contributed by atoms with Gasteiger partial charge in [-0.3, -0.25) is 4.98 Å². The number of hydrogen-bond donors (Lipinski definition) is 0. The second kappa shape index (κ2) is 7.65. The lowest BCUT2D eigenvalue weighted by atomic mass is 10.1. The Kier molecular flexibility index (Phi) is 5.87. The fourth-order valence-electron chi connectivity index (χ4n) is 2.47. The number of nitrogens with zero attached hydrogens (tertiary/aromatic N) is 1. The van der Waals surface area contributed by atoms with Crippen LogP contribution in [0.2, 0.25) is 6.04 Å². The molecule has 0 aliphatic rings. The second-order valence-electron chi connectivity index (χ2n) is 5.03. The van der Waals surface area contributed by atoms with Gasteiger partial charge in [0.15, 0.2) is 0 Å². The van der Waals surface area contributed by atoms with Crippen LogP contribution in [0.1, 0.15) is 18.5 Å². The van der Waals surface area contributed by atoms with Gasteiger partial charge in [-0.25, -0.2) is 0 Å². The molecule has 4 nitrogen and oxygen atoms in total. The van der Waals surface area contributed by atoms with E-state index >= 15 is 0 Å². The molecule has 2 rings (SSSR count). The second-order valence-corrected chi connectivity index (χ2v) is 8.12. The number of pyridine rings is 1. The van der Waals surface area contributed by atoms with Gasteiger partial charge in [0.2, 0.25) is 0 Å². The Morgan fingerprint density at radius 3 is 2.29 bits per heavy atom. The van der Waals surface area contributed by atoms with Crippen LogP contribution in [-0.2, 0) is 19.7 Å². The Hall–Kier alpha value is -1.27. The van der Waals surface area contributed by atoms with Crippen molar-refractivity contribution in [1.82, 2.24) is 4.98 Å². The number of rotatable bonds is 8. The number of unbranched alkanes of at least 4 members (excludes halogenated alkanes) is 1. The molecule has 0 saturated carbocycles. The Labute approximate surface area is 127 Å². The summed E-state index contributed by atoms with van der Waals surface area (Å²) in [5.41, 5.74) is 1.13. The van der Waals surface area contributed by atoms with E-state index in [0.29, 0.717) is 0 Å². The van der Waals surface area contributed by atoms with Crippen molar-refractivity contribution >= 4 is 19.6 Å². The van der Waals surface area contributed by atoms with Crippen molar-refractivity contribution in [2.45, 2.75) is 25.3 Å². The lowest BCUT2D eigenvalue weighted by Crippen LogP contribution is -2.42. The van der Waals surface area contributed by atoms with Crippen LogP contribution in [0.25, 0.3) is 10.8 Å². The van der Waals surface area contributed by atoms with Gasteiger partial charge in [0.1, 0.15) is 0 Å². The van der Waals surface area contributed by atoms with Crippen LogP contribution in [0.4, 0.5) is 0 Å². The van der Waals surface area contributed by atoms with Crippen LogP contribution >= 0.6 is 0 Å². The predicted molar refractivity (Wildman–Crippen MR) is 86.3 cm³/mol. The highest BCUT2D eigenvalue weighted by molar-refractivity contribution is 6.60. The quantitative estimate of drug-likeness (QED) is 0.553. The van der Waals surface area contributed by atoms with Crippen molar-refractivity contribution < 1.29 is 13.3 Å². The third kappa shape index (κ3) is 4.10. The van der Waals surface area contributed by atoms with Crippen molar-refractivity contribution in [3.05, 3.63) is 42.2 Å². The average molecular weight is 305 g/mol. The largest absolute Gasteiger partial charge is 0.500 e. The van der Waals surface area contributed by atoms with E-state index < -0.39 is 8.80 Å². The van der Waals surface area contributed by atoms with Gasteiger partial charge in [0.25, 0.3) is 0 Å². The maximum Gasteiger partial charge on any atom is 0.500 e. The van der Waals surface area contributed by atoms with E-state index in [4.69, 9.17) is 13.3 Å². The number of fused-ring (bicyclic) bond motifs is 1. The molecule has 5 heteroatoms. The van der Waals surface area contributed by atoms with Crippen molar-refractivity contribution in [1.29, 1.82) is 0 Å². The van der Waals surface area contributed by atoms with E-state index in [1.165, 1.54) is 10.8 Å². The van der Waals surface area contributed by atoms with E-state index in [0.717, 1.165) is 31.0 Å². The summed E-state index contributed by atoms with van der Waals surface area (Å²) in [6.07, 6.45) is 4.97. The highest BCUT2D eigenvalue weighted by atomic mass is 28.4. The van der Waals surface area contributed by atoms with E-state index in [9.17, 15) is 0 Å².